The summed E-state index contributed by atoms with van der Waals surface area (Å²) in [5, 5.41) is 2.21. The summed E-state index contributed by atoms with van der Waals surface area (Å²) >= 11 is 1.68. The number of rotatable bonds is 8. The highest BCUT2D eigenvalue weighted by Crippen LogP contribution is 2.28. The molecule has 0 aliphatic rings. The maximum absolute atomic E-state index is 5.49. The molecule has 1 heterocycles. The van der Waals surface area contributed by atoms with E-state index < -0.39 is 0 Å². The summed E-state index contributed by atoms with van der Waals surface area (Å²) in [4.78, 5) is 5.97. The summed E-state index contributed by atoms with van der Waals surface area (Å²) in [6.07, 6.45) is 1.90. The normalized spacial score (nSPS) is 11.6. The van der Waals surface area contributed by atoms with Gasteiger partial charge in [-0.2, -0.15) is 0 Å². The molecule has 1 aromatic heterocycles. The predicted octanol–water partition coefficient (Wildman–Crippen LogP) is 6.58. The lowest BCUT2D eigenvalue weighted by Crippen LogP contribution is -2.17. The van der Waals surface area contributed by atoms with Crippen LogP contribution in [0.25, 0.3) is 11.3 Å². The van der Waals surface area contributed by atoms with Gasteiger partial charge in [0.05, 0.1) is 25.6 Å². The van der Waals surface area contributed by atoms with E-state index in [4.69, 9.17) is 14.5 Å². The van der Waals surface area contributed by atoms with Gasteiger partial charge >= 0.3 is 0 Å². The number of ether oxygens (including phenoxy) is 2. The van der Waals surface area contributed by atoms with Crippen molar-refractivity contribution in [1.82, 2.24) is 4.57 Å². The molecule has 0 fully saturated rings. The van der Waals surface area contributed by atoms with Crippen LogP contribution in [0.3, 0.4) is 0 Å². The molecule has 0 saturated heterocycles. The summed E-state index contributed by atoms with van der Waals surface area (Å²) in [6.45, 7) is 5.09. The van der Waals surface area contributed by atoms with Crippen LogP contribution in [0.1, 0.15) is 23.6 Å². The van der Waals surface area contributed by atoms with Crippen molar-refractivity contribution in [3.63, 3.8) is 0 Å². The SMILES string of the molecule is CCc1ccc(-c2csc(=Nc3ccc(C)cc3)n2CCc2ccc(OC)c(OC)c2)cc1. The van der Waals surface area contributed by atoms with Gasteiger partial charge in [0, 0.05) is 11.9 Å². The fourth-order valence-electron chi connectivity index (χ4n) is 3.78. The zero-order valence-corrected chi connectivity index (χ0v) is 20.5. The van der Waals surface area contributed by atoms with Crippen molar-refractivity contribution in [2.45, 2.75) is 33.2 Å². The molecule has 5 heteroatoms. The van der Waals surface area contributed by atoms with E-state index in [2.05, 4.69) is 84.5 Å². The molecule has 0 radical (unpaired) electrons. The van der Waals surface area contributed by atoms with Crippen molar-refractivity contribution < 1.29 is 9.47 Å². The minimum absolute atomic E-state index is 0.746. The van der Waals surface area contributed by atoms with E-state index >= 15 is 0 Å². The van der Waals surface area contributed by atoms with E-state index in [0.717, 1.165) is 41.4 Å². The number of aromatic nitrogens is 1. The molecule has 170 valence electrons. The van der Waals surface area contributed by atoms with Gasteiger partial charge in [0.15, 0.2) is 16.3 Å². The lowest BCUT2D eigenvalue weighted by molar-refractivity contribution is 0.354. The molecule has 4 rings (SSSR count). The minimum Gasteiger partial charge on any atom is -0.493 e. The lowest BCUT2D eigenvalue weighted by atomic mass is 10.1. The van der Waals surface area contributed by atoms with Crippen LogP contribution in [0.5, 0.6) is 11.5 Å². The molecular formula is C28H30N2O2S. The summed E-state index contributed by atoms with van der Waals surface area (Å²) < 4.78 is 13.2. The number of aryl methyl sites for hydroxylation is 3. The third kappa shape index (κ3) is 5.37. The maximum Gasteiger partial charge on any atom is 0.190 e. The number of hydrogen-bond donors (Lipinski definition) is 0. The van der Waals surface area contributed by atoms with E-state index in [-0.39, 0.29) is 0 Å². The molecule has 0 amide bonds. The molecule has 33 heavy (non-hydrogen) atoms. The fraction of sp³-hybridized carbons (Fsp3) is 0.250. The first kappa shape index (κ1) is 22.9. The highest BCUT2D eigenvalue weighted by Gasteiger charge is 2.10. The Labute approximate surface area is 199 Å². The Morgan fingerprint density at radius 3 is 2.21 bits per heavy atom. The number of nitrogens with zero attached hydrogens (tertiary/aromatic N) is 2. The van der Waals surface area contributed by atoms with Gasteiger partial charge in [-0.05, 0) is 60.7 Å². The van der Waals surface area contributed by atoms with E-state index in [1.807, 2.05) is 6.07 Å². The second kappa shape index (κ2) is 10.5. The van der Waals surface area contributed by atoms with Crippen LogP contribution in [-0.4, -0.2) is 18.8 Å². The zero-order valence-electron chi connectivity index (χ0n) is 19.7. The zero-order chi connectivity index (χ0) is 23.2. The first-order chi connectivity index (χ1) is 16.1. The minimum atomic E-state index is 0.746. The predicted molar refractivity (Wildman–Crippen MR) is 137 cm³/mol. The van der Waals surface area contributed by atoms with E-state index in [0.29, 0.717) is 0 Å². The van der Waals surface area contributed by atoms with Gasteiger partial charge in [-0.1, -0.05) is 55.0 Å². The van der Waals surface area contributed by atoms with Crippen molar-refractivity contribution in [2.24, 2.45) is 4.99 Å². The number of benzene rings is 3. The van der Waals surface area contributed by atoms with Gasteiger partial charge in [-0.3, -0.25) is 0 Å². The van der Waals surface area contributed by atoms with Gasteiger partial charge in [-0.25, -0.2) is 4.99 Å². The lowest BCUT2D eigenvalue weighted by Gasteiger charge is -2.12. The summed E-state index contributed by atoms with van der Waals surface area (Å²) in [7, 11) is 3.33. The Bertz CT molecular complexity index is 1270. The van der Waals surface area contributed by atoms with Crippen LogP contribution in [0.15, 0.2) is 77.1 Å². The topological polar surface area (TPSA) is 35.8 Å². The van der Waals surface area contributed by atoms with E-state index in [1.165, 1.54) is 27.9 Å². The van der Waals surface area contributed by atoms with Crippen molar-refractivity contribution in [1.29, 1.82) is 0 Å². The Morgan fingerprint density at radius 1 is 0.848 bits per heavy atom. The molecule has 0 spiro atoms. The van der Waals surface area contributed by atoms with Gasteiger partial charge in [-0.15, -0.1) is 11.3 Å². The van der Waals surface area contributed by atoms with E-state index in [9.17, 15) is 0 Å². The quantitative estimate of drug-likeness (QED) is 0.299. The Morgan fingerprint density at radius 2 is 1.55 bits per heavy atom. The van der Waals surface area contributed by atoms with Gasteiger partial charge in [0.25, 0.3) is 0 Å². The Balaban J connectivity index is 1.71. The highest BCUT2D eigenvalue weighted by atomic mass is 32.1. The third-order valence-corrected chi connectivity index (χ3v) is 6.65. The van der Waals surface area contributed by atoms with Gasteiger partial charge < -0.3 is 14.0 Å². The van der Waals surface area contributed by atoms with Crippen molar-refractivity contribution in [3.8, 4) is 22.8 Å². The molecule has 0 bridgehead atoms. The van der Waals surface area contributed by atoms with Crippen molar-refractivity contribution in [3.05, 3.63) is 93.6 Å². The van der Waals surface area contributed by atoms with Crippen LogP contribution < -0.4 is 14.3 Å². The average Bonchev–Trinajstić information content (AvgIpc) is 3.26. The second-order valence-electron chi connectivity index (χ2n) is 7.99. The molecule has 0 N–H and O–H groups in total. The number of methoxy groups -OCH3 is 2. The number of hydrogen-bond acceptors (Lipinski definition) is 4. The van der Waals surface area contributed by atoms with Gasteiger partial charge in [0.1, 0.15) is 0 Å². The van der Waals surface area contributed by atoms with Gasteiger partial charge in [0.2, 0.25) is 0 Å². The third-order valence-electron chi connectivity index (χ3n) is 5.79. The standard InChI is InChI=1S/C28H30N2O2S/c1-5-21-8-11-23(12-9-21)25-19-33-28(29-24-13-6-20(2)7-14-24)30(25)17-16-22-10-15-26(31-3)27(18-22)32-4/h6-15,18-19H,5,16-17H2,1-4H3. The maximum atomic E-state index is 5.49. The second-order valence-corrected chi connectivity index (χ2v) is 8.83. The molecule has 0 atom stereocenters. The molecule has 3 aromatic carbocycles. The fourth-order valence-corrected chi connectivity index (χ4v) is 4.74. The Hall–Kier alpha value is -3.31. The van der Waals surface area contributed by atoms with Crippen LogP contribution in [-0.2, 0) is 19.4 Å². The molecule has 0 saturated carbocycles. The molecule has 4 nitrogen and oxygen atoms in total. The van der Waals surface area contributed by atoms with Crippen molar-refractivity contribution >= 4 is 17.0 Å². The van der Waals surface area contributed by atoms with Crippen LogP contribution in [0.2, 0.25) is 0 Å². The molecule has 4 aromatic rings. The average molecular weight is 459 g/mol. The molecule has 0 unspecified atom stereocenters. The largest absolute Gasteiger partial charge is 0.493 e. The van der Waals surface area contributed by atoms with Crippen molar-refractivity contribution in [2.75, 3.05) is 14.2 Å². The first-order valence-corrected chi connectivity index (χ1v) is 12.1. The summed E-state index contributed by atoms with van der Waals surface area (Å²) in [5.74, 6) is 1.50. The van der Waals surface area contributed by atoms with Crippen LogP contribution in [0.4, 0.5) is 5.69 Å². The van der Waals surface area contributed by atoms with Crippen LogP contribution >= 0.6 is 11.3 Å². The highest BCUT2D eigenvalue weighted by molar-refractivity contribution is 7.07. The monoisotopic (exact) mass is 458 g/mol. The number of thiazole rings is 1. The molecule has 0 aliphatic carbocycles. The smallest absolute Gasteiger partial charge is 0.190 e. The Kier molecular flexibility index (Phi) is 7.30. The summed E-state index contributed by atoms with van der Waals surface area (Å²) in [5.41, 5.74) is 7.14. The van der Waals surface area contributed by atoms with E-state index in [1.54, 1.807) is 25.6 Å². The van der Waals surface area contributed by atoms with Crippen LogP contribution in [0, 0.1) is 6.92 Å². The summed E-state index contributed by atoms with van der Waals surface area (Å²) in [6, 6.07) is 23.3. The first-order valence-electron chi connectivity index (χ1n) is 11.2. The molecule has 0 aliphatic heterocycles. The molecular weight excluding hydrogens is 428 g/mol.